The monoisotopic (exact) mass is 415 g/mol. The molecule has 1 heterocycles. The third kappa shape index (κ3) is 3.35. The van der Waals surface area contributed by atoms with Gasteiger partial charge in [0.15, 0.2) is 0 Å². The van der Waals surface area contributed by atoms with Gasteiger partial charge in [0.1, 0.15) is 0 Å². The maximum absolute atomic E-state index is 3.63. The van der Waals surface area contributed by atoms with Crippen molar-refractivity contribution in [2.24, 2.45) is 0 Å². The zero-order valence-corrected chi connectivity index (χ0v) is 16.2. The lowest BCUT2D eigenvalue weighted by Crippen LogP contribution is -2.23. The van der Waals surface area contributed by atoms with E-state index >= 15 is 0 Å². The first-order valence-electron chi connectivity index (χ1n) is 6.69. The minimum Gasteiger partial charge on any atom is -0.306 e. The molecule has 0 saturated heterocycles. The molecule has 0 saturated carbocycles. The SMILES string of the molecule is CCNC(c1cc(Br)c(Br)s1)c1c(C)cc(C)cc1C. The molecule has 1 unspecified atom stereocenters. The van der Waals surface area contributed by atoms with Crippen molar-refractivity contribution in [1.82, 2.24) is 5.32 Å². The largest absolute Gasteiger partial charge is 0.306 e. The van der Waals surface area contributed by atoms with E-state index in [1.54, 1.807) is 11.3 Å². The number of hydrogen-bond donors (Lipinski definition) is 1. The average molecular weight is 417 g/mol. The van der Waals surface area contributed by atoms with E-state index in [-0.39, 0.29) is 6.04 Å². The first-order chi connectivity index (χ1) is 9.43. The zero-order chi connectivity index (χ0) is 14.9. The molecule has 1 atom stereocenters. The van der Waals surface area contributed by atoms with Crippen LogP contribution in [-0.4, -0.2) is 6.54 Å². The molecular weight excluding hydrogens is 398 g/mol. The van der Waals surface area contributed by atoms with Crippen LogP contribution in [0.4, 0.5) is 0 Å². The lowest BCUT2D eigenvalue weighted by molar-refractivity contribution is 0.633. The van der Waals surface area contributed by atoms with Crippen LogP contribution in [0.15, 0.2) is 26.5 Å². The first-order valence-corrected chi connectivity index (χ1v) is 9.10. The van der Waals surface area contributed by atoms with Crippen LogP contribution in [0.5, 0.6) is 0 Å². The Morgan fingerprint density at radius 2 is 1.70 bits per heavy atom. The van der Waals surface area contributed by atoms with E-state index in [9.17, 15) is 0 Å². The van der Waals surface area contributed by atoms with E-state index in [1.807, 2.05) is 0 Å². The molecule has 0 aliphatic carbocycles. The molecule has 108 valence electrons. The van der Waals surface area contributed by atoms with Gasteiger partial charge in [0, 0.05) is 9.35 Å². The lowest BCUT2D eigenvalue weighted by atomic mass is 9.93. The van der Waals surface area contributed by atoms with Crippen molar-refractivity contribution >= 4 is 43.2 Å². The Bertz CT molecular complexity index is 576. The van der Waals surface area contributed by atoms with Crippen molar-refractivity contribution in [2.75, 3.05) is 6.54 Å². The van der Waals surface area contributed by atoms with Crippen LogP contribution in [0.25, 0.3) is 0 Å². The van der Waals surface area contributed by atoms with E-state index in [0.29, 0.717) is 0 Å². The van der Waals surface area contributed by atoms with Crippen molar-refractivity contribution in [1.29, 1.82) is 0 Å². The number of hydrogen-bond acceptors (Lipinski definition) is 2. The lowest BCUT2D eigenvalue weighted by Gasteiger charge is -2.22. The number of thiophene rings is 1. The molecule has 0 aliphatic rings. The maximum Gasteiger partial charge on any atom is 0.0843 e. The van der Waals surface area contributed by atoms with Gasteiger partial charge in [0.25, 0.3) is 0 Å². The van der Waals surface area contributed by atoms with Crippen molar-refractivity contribution in [3.05, 3.63) is 53.6 Å². The summed E-state index contributed by atoms with van der Waals surface area (Å²) in [5, 5.41) is 3.63. The van der Waals surface area contributed by atoms with Gasteiger partial charge in [-0.05, 0) is 81.9 Å². The Morgan fingerprint density at radius 1 is 1.10 bits per heavy atom. The van der Waals surface area contributed by atoms with Crippen LogP contribution in [0.2, 0.25) is 0 Å². The van der Waals surface area contributed by atoms with Crippen molar-refractivity contribution < 1.29 is 0 Å². The molecule has 0 radical (unpaired) electrons. The van der Waals surface area contributed by atoms with Crippen molar-refractivity contribution in [3.8, 4) is 0 Å². The summed E-state index contributed by atoms with van der Waals surface area (Å²) in [5.74, 6) is 0. The van der Waals surface area contributed by atoms with E-state index in [4.69, 9.17) is 0 Å². The first kappa shape index (κ1) is 16.2. The van der Waals surface area contributed by atoms with E-state index in [2.05, 4.69) is 83.1 Å². The van der Waals surface area contributed by atoms with Gasteiger partial charge >= 0.3 is 0 Å². The van der Waals surface area contributed by atoms with E-state index in [0.717, 1.165) is 14.8 Å². The quantitative estimate of drug-likeness (QED) is 0.654. The summed E-state index contributed by atoms with van der Waals surface area (Å²) in [7, 11) is 0. The third-order valence-corrected chi connectivity index (χ3v) is 6.70. The molecule has 1 aromatic heterocycles. The van der Waals surface area contributed by atoms with Gasteiger partial charge in [0.05, 0.1) is 9.83 Å². The predicted octanol–water partition coefficient (Wildman–Crippen LogP) is 5.90. The number of benzene rings is 1. The van der Waals surface area contributed by atoms with Crippen LogP contribution < -0.4 is 5.32 Å². The minimum absolute atomic E-state index is 0.258. The molecular formula is C16H19Br2NS. The number of nitrogens with one attached hydrogen (secondary N) is 1. The Morgan fingerprint density at radius 3 is 2.15 bits per heavy atom. The van der Waals surface area contributed by atoms with Gasteiger partial charge in [-0.2, -0.15) is 0 Å². The number of rotatable bonds is 4. The van der Waals surface area contributed by atoms with Gasteiger partial charge in [-0.15, -0.1) is 11.3 Å². The summed E-state index contributed by atoms with van der Waals surface area (Å²) in [6, 6.07) is 7.00. The second-order valence-corrected chi connectivity index (χ2v) is 8.33. The molecule has 0 amide bonds. The minimum atomic E-state index is 0.258. The topological polar surface area (TPSA) is 12.0 Å². The molecule has 1 aromatic carbocycles. The highest BCUT2D eigenvalue weighted by Crippen LogP contribution is 2.39. The third-order valence-electron chi connectivity index (χ3n) is 3.38. The average Bonchev–Trinajstić information content (AvgIpc) is 2.67. The highest BCUT2D eigenvalue weighted by molar-refractivity contribution is 9.13. The molecule has 0 aliphatic heterocycles. The normalized spacial score (nSPS) is 12.7. The summed E-state index contributed by atoms with van der Waals surface area (Å²) >= 11 is 8.98. The molecule has 1 N–H and O–H groups in total. The second kappa shape index (κ2) is 6.73. The highest BCUT2D eigenvalue weighted by Gasteiger charge is 2.20. The Hall–Kier alpha value is -0.160. The molecule has 0 bridgehead atoms. The molecule has 2 rings (SSSR count). The summed E-state index contributed by atoms with van der Waals surface area (Å²) < 4.78 is 2.28. The summed E-state index contributed by atoms with van der Waals surface area (Å²) in [6.07, 6.45) is 0. The van der Waals surface area contributed by atoms with Gasteiger partial charge in [0.2, 0.25) is 0 Å². The van der Waals surface area contributed by atoms with Crippen molar-refractivity contribution in [2.45, 2.75) is 33.7 Å². The Kier molecular flexibility index (Phi) is 5.46. The molecule has 1 nitrogen and oxygen atoms in total. The van der Waals surface area contributed by atoms with Crippen LogP contribution in [0.3, 0.4) is 0 Å². The molecule has 2 aromatic rings. The van der Waals surface area contributed by atoms with Crippen LogP contribution in [0, 0.1) is 20.8 Å². The van der Waals surface area contributed by atoms with Gasteiger partial charge in [-0.1, -0.05) is 24.6 Å². The van der Waals surface area contributed by atoms with E-state index < -0.39 is 0 Å². The van der Waals surface area contributed by atoms with Crippen molar-refractivity contribution in [3.63, 3.8) is 0 Å². The standard InChI is InChI=1S/C16H19Br2NS/c1-5-19-15(13-8-12(17)16(18)20-13)14-10(3)6-9(2)7-11(14)4/h6-8,15,19H,5H2,1-4H3. The molecule has 20 heavy (non-hydrogen) atoms. The number of aryl methyl sites for hydroxylation is 3. The zero-order valence-electron chi connectivity index (χ0n) is 12.2. The fourth-order valence-electron chi connectivity index (χ4n) is 2.70. The highest BCUT2D eigenvalue weighted by atomic mass is 79.9. The Labute approximate surface area is 142 Å². The van der Waals surface area contributed by atoms with Gasteiger partial charge in [-0.25, -0.2) is 0 Å². The summed E-state index contributed by atoms with van der Waals surface area (Å²) in [5.41, 5.74) is 5.44. The molecule has 4 heteroatoms. The van der Waals surface area contributed by atoms with Gasteiger partial charge < -0.3 is 5.32 Å². The maximum atomic E-state index is 3.63. The summed E-state index contributed by atoms with van der Waals surface area (Å²) in [4.78, 5) is 1.33. The smallest absolute Gasteiger partial charge is 0.0843 e. The fraction of sp³-hybridized carbons (Fsp3) is 0.375. The Balaban J connectivity index is 2.54. The molecule has 0 fully saturated rings. The van der Waals surface area contributed by atoms with Crippen LogP contribution in [0.1, 0.15) is 40.1 Å². The van der Waals surface area contributed by atoms with E-state index in [1.165, 1.54) is 27.1 Å². The van der Waals surface area contributed by atoms with Crippen LogP contribution in [-0.2, 0) is 0 Å². The molecule has 0 spiro atoms. The fourth-order valence-corrected chi connectivity index (χ4v) is 4.88. The second-order valence-electron chi connectivity index (χ2n) is 5.07. The summed E-state index contributed by atoms with van der Waals surface area (Å²) in [6.45, 7) is 9.67. The van der Waals surface area contributed by atoms with Gasteiger partial charge in [-0.3, -0.25) is 0 Å². The predicted molar refractivity (Wildman–Crippen MR) is 95.9 cm³/mol. The van der Waals surface area contributed by atoms with Crippen LogP contribution >= 0.6 is 43.2 Å². The number of halogens is 2.